The third-order valence-electron chi connectivity index (χ3n) is 6.41. The molecule has 5 heteroatoms. The Hall–Kier alpha value is -1.10. The molecule has 0 aliphatic heterocycles. The molecule has 1 saturated carbocycles. The van der Waals surface area contributed by atoms with Gasteiger partial charge in [-0.05, 0) is 24.7 Å². The Kier molecular flexibility index (Phi) is 14.1. The van der Waals surface area contributed by atoms with Gasteiger partial charge in [0.05, 0.1) is 27.6 Å². The van der Waals surface area contributed by atoms with Crippen molar-refractivity contribution < 1.29 is 23.9 Å². The Morgan fingerprint density at radius 1 is 0.871 bits per heavy atom. The van der Waals surface area contributed by atoms with Gasteiger partial charge in [-0.1, -0.05) is 84.0 Å². The highest BCUT2D eigenvalue weighted by molar-refractivity contribution is 5.71. The smallest absolute Gasteiger partial charge is 0.307 e. The number of likely N-dealkylation sites (N-methyl/N-ethyl adjacent to an activating group) is 1. The maximum Gasteiger partial charge on any atom is 0.307 e. The van der Waals surface area contributed by atoms with Crippen LogP contribution in [0.1, 0.15) is 110 Å². The molecule has 0 aromatic carbocycles. The standard InChI is InChI=1S/C26H49NO4/c1-5-6-7-13-16-22-19-23(22)17-14-11-9-8-10-12-15-18-26(30)31-24(20-25(28)29)21-27(2,3)4/h22-24H,5-21H2,1-4H3/p+1/t22?,23-,24-/m1/s1. The van der Waals surface area contributed by atoms with Gasteiger partial charge in [-0.25, -0.2) is 0 Å². The number of hydrogen-bond donors (Lipinski definition) is 1. The number of carboxylic acids is 1. The predicted molar refractivity (Wildman–Crippen MR) is 127 cm³/mol. The summed E-state index contributed by atoms with van der Waals surface area (Å²) in [5, 5.41) is 9.03. The zero-order valence-corrected chi connectivity index (χ0v) is 20.9. The van der Waals surface area contributed by atoms with Gasteiger partial charge in [0, 0.05) is 6.42 Å². The molecule has 5 nitrogen and oxygen atoms in total. The van der Waals surface area contributed by atoms with Crippen molar-refractivity contribution in [1.82, 2.24) is 0 Å². The molecular formula is C26H50NO4+. The van der Waals surface area contributed by atoms with Crippen LogP contribution in [0.4, 0.5) is 0 Å². The van der Waals surface area contributed by atoms with E-state index < -0.39 is 12.1 Å². The number of aliphatic carboxylic acids is 1. The lowest BCUT2D eigenvalue weighted by molar-refractivity contribution is -0.873. The molecule has 3 atom stereocenters. The molecule has 182 valence electrons. The fraction of sp³-hybridized carbons (Fsp3) is 0.923. The zero-order valence-electron chi connectivity index (χ0n) is 20.9. The summed E-state index contributed by atoms with van der Waals surface area (Å²) < 4.78 is 6.01. The summed E-state index contributed by atoms with van der Waals surface area (Å²) in [4.78, 5) is 23.1. The van der Waals surface area contributed by atoms with E-state index in [-0.39, 0.29) is 12.4 Å². The molecule has 1 aliphatic carbocycles. The molecule has 1 rings (SSSR count). The second-order valence-electron chi connectivity index (χ2n) is 10.8. The van der Waals surface area contributed by atoms with Crippen LogP contribution >= 0.6 is 0 Å². The first kappa shape index (κ1) is 27.9. The van der Waals surface area contributed by atoms with E-state index in [1.807, 2.05) is 21.1 Å². The van der Waals surface area contributed by atoms with Crippen LogP contribution in [0.25, 0.3) is 0 Å². The third kappa shape index (κ3) is 16.2. The number of rotatable bonds is 20. The average Bonchev–Trinajstić information content (AvgIpc) is 3.40. The summed E-state index contributed by atoms with van der Waals surface area (Å²) in [6, 6.07) is 0. The minimum absolute atomic E-state index is 0.123. The Morgan fingerprint density at radius 2 is 1.39 bits per heavy atom. The molecule has 1 aliphatic rings. The number of hydrogen-bond acceptors (Lipinski definition) is 3. The maximum atomic E-state index is 12.1. The second kappa shape index (κ2) is 15.7. The van der Waals surface area contributed by atoms with Crippen molar-refractivity contribution in [2.24, 2.45) is 11.8 Å². The van der Waals surface area contributed by atoms with Gasteiger partial charge in [-0.2, -0.15) is 0 Å². The van der Waals surface area contributed by atoms with Gasteiger partial charge in [-0.3, -0.25) is 9.59 Å². The van der Waals surface area contributed by atoms with E-state index in [1.54, 1.807) is 0 Å². The van der Waals surface area contributed by atoms with E-state index >= 15 is 0 Å². The van der Waals surface area contributed by atoms with Gasteiger partial charge < -0.3 is 14.3 Å². The molecule has 31 heavy (non-hydrogen) atoms. The fourth-order valence-corrected chi connectivity index (χ4v) is 4.60. The van der Waals surface area contributed by atoms with Crippen LogP contribution in [0.3, 0.4) is 0 Å². The van der Waals surface area contributed by atoms with Gasteiger partial charge in [0.15, 0.2) is 6.10 Å². The number of carboxylic acid groups (broad SMARTS) is 1. The molecule has 0 bridgehead atoms. The fourth-order valence-electron chi connectivity index (χ4n) is 4.60. The number of carbonyl (C=O) groups is 2. The highest BCUT2D eigenvalue weighted by Gasteiger charge is 2.35. The molecule has 0 spiro atoms. The number of carbonyl (C=O) groups excluding carboxylic acids is 1. The van der Waals surface area contributed by atoms with Gasteiger partial charge in [-0.15, -0.1) is 0 Å². The lowest BCUT2D eigenvalue weighted by Crippen LogP contribution is -2.43. The lowest BCUT2D eigenvalue weighted by Gasteiger charge is -2.28. The monoisotopic (exact) mass is 440 g/mol. The minimum atomic E-state index is -0.921. The van der Waals surface area contributed by atoms with Gasteiger partial charge in [0.2, 0.25) is 0 Å². The van der Waals surface area contributed by atoms with Crippen molar-refractivity contribution in [3.05, 3.63) is 0 Å². The van der Waals surface area contributed by atoms with Crippen molar-refractivity contribution in [3.8, 4) is 0 Å². The summed E-state index contributed by atoms with van der Waals surface area (Å²) in [5.74, 6) is 0.910. The summed E-state index contributed by atoms with van der Waals surface area (Å²) in [6.45, 7) is 2.79. The third-order valence-corrected chi connectivity index (χ3v) is 6.41. The first-order valence-electron chi connectivity index (χ1n) is 12.9. The Balaban J connectivity index is 1.95. The van der Waals surface area contributed by atoms with E-state index in [9.17, 15) is 9.59 Å². The number of ether oxygens (including phenoxy) is 1. The maximum absolute atomic E-state index is 12.1. The molecular weight excluding hydrogens is 390 g/mol. The highest BCUT2D eigenvalue weighted by Crippen LogP contribution is 2.45. The molecule has 1 fully saturated rings. The number of quaternary nitrogens is 1. The Bertz CT molecular complexity index is 500. The van der Waals surface area contributed by atoms with Crippen LogP contribution in [0.5, 0.6) is 0 Å². The molecule has 0 aromatic rings. The van der Waals surface area contributed by atoms with Gasteiger partial charge in [0.1, 0.15) is 6.54 Å². The lowest BCUT2D eigenvalue weighted by atomic mass is 10.0. The highest BCUT2D eigenvalue weighted by atomic mass is 16.5. The van der Waals surface area contributed by atoms with Crippen molar-refractivity contribution in [1.29, 1.82) is 0 Å². The van der Waals surface area contributed by atoms with Crippen molar-refractivity contribution in [2.75, 3.05) is 27.7 Å². The van der Waals surface area contributed by atoms with E-state index in [2.05, 4.69) is 6.92 Å². The number of esters is 1. The SMILES string of the molecule is CCCCCCC1C[C@H]1CCCCCCCCCC(=O)O[C@H](CC(=O)O)C[N+](C)(C)C. The molecule has 0 aromatic heterocycles. The summed E-state index contributed by atoms with van der Waals surface area (Å²) >= 11 is 0. The first-order valence-corrected chi connectivity index (χ1v) is 12.9. The molecule has 0 radical (unpaired) electrons. The van der Waals surface area contributed by atoms with E-state index in [0.29, 0.717) is 17.4 Å². The van der Waals surface area contributed by atoms with E-state index in [4.69, 9.17) is 9.84 Å². The van der Waals surface area contributed by atoms with Crippen LogP contribution in [-0.4, -0.2) is 55.3 Å². The van der Waals surface area contributed by atoms with Crippen LogP contribution in [0, 0.1) is 11.8 Å². The topological polar surface area (TPSA) is 63.6 Å². The van der Waals surface area contributed by atoms with Gasteiger partial charge in [0.25, 0.3) is 0 Å². The van der Waals surface area contributed by atoms with Crippen molar-refractivity contribution in [2.45, 2.75) is 116 Å². The largest absolute Gasteiger partial charge is 0.481 e. The molecule has 0 amide bonds. The van der Waals surface area contributed by atoms with Crippen molar-refractivity contribution in [3.63, 3.8) is 0 Å². The summed E-state index contributed by atoms with van der Waals surface area (Å²) in [7, 11) is 5.92. The quantitative estimate of drug-likeness (QED) is 0.139. The molecule has 0 saturated heterocycles. The zero-order chi connectivity index (χ0) is 23.1. The molecule has 1 unspecified atom stereocenters. The van der Waals surface area contributed by atoms with E-state index in [0.717, 1.165) is 24.7 Å². The van der Waals surface area contributed by atoms with Crippen LogP contribution in [0.2, 0.25) is 0 Å². The first-order chi connectivity index (χ1) is 14.7. The van der Waals surface area contributed by atoms with Gasteiger partial charge >= 0.3 is 11.9 Å². The molecule has 1 N–H and O–H groups in total. The number of nitrogens with zero attached hydrogens (tertiary/aromatic N) is 1. The summed E-state index contributed by atoms with van der Waals surface area (Å²) in [5.41, 5.74) is 0. The van der Waals surface area contributed by atoms with E-state index in [1.165, 1.54) is 77.0 Å². The normalized spacial score (nSPS) is 19.2. The average molecular weight is 441 g/mol. The van der Waals surface area contributed by atoms with Crippen LogP contribution < -0.4 is 0 Å². The minimum Gasteiger partial charge on any atom is -0.481 e. The van der Waals surface area contributed by atoms with Crippen LogP contribution in [-0.2, 0) is 14.3 Å². The summed E-state index contributed by atoms with van der Waals surface area (Å²) in [6.07, 6.45) is 18.1. The molecule has 0 heterocycles. The Labute approximate surface area is 191 Å². The Morgan fingerprint density at radius 3 is 1.90 bits per heavy atom. The van der Waals surface area contributed by atoms with Crippen molar-refractivity contribution >= 4 is 11.9 Å². The second-order valence-corrected chi connectivity index (χ2v) is 10.8. The predicted octanol–water partition coefficient (Wildman–Crippen LogP) is 6.20. The van der Waals surface area contributed by atoms with Crippen LogP contribution in [0.15, 0.2) is 0 Å². The number of unbranched alkanes of at least 4 members (excludes halogenated alkanes) is 9.